The molecule has 0 spiro atoms. The van der Waals surface area contributed by atoms with E-state index in [-0.39, 0.29) is 18.2 Å². The van der Waals surface area contributed by atoms with E-state index in [1.165, 1.54) is 22.9 Å². The van der Waals surface area contributed by atoms with Crippen LogP contribution in [0.1, 0.15) is 38.3 Å². The summed E-state index contributed by atoms with van der Waals surface area (Å²) in [6, 6.07) is 23.1. The number of aliphatic imine (C=N–C) groups is 1. The second-order valence-electron chi connectivity index (χ2n) is 8.42. The summed E-state index contributed by atoms with van der Waals surface area (Å²) in [7, 11) is 0. The number of amidine groups is 1. The molecule has 1 N–H and O–H groups in total. The molecule has 1 saturated heterocycles. The lowest BCUT2D eigenvalue weighted by molar-refractivity contribution is -0.121. The van der Waals surface area contributed by atoms with Crippen LogP contribution in [0.25, 0.3) is 0 Å². The van der Waals surface area contributed by atoms with Crippen LogP contribution in [0, 0.1) is 0 Å². The highest BCUT2D eigenvalue weighted by Crippen LogP contribution is 2.33. The van der Waals surface area contributed by atoms with Gasteiger partial charge in [-0.2, -0.15) is 0 Å². The van der Waals surface area contributed by atoms with Gasteiger partial charge in [0.1, 0.15) is 11.0 Å². The molecule has 6 nitrogen and oxygen atoms in total. The fourth-order valence-electron chi connectivity index (χ4n) is 3.88. The molecule has 1 fully saturated rings. The molecule has 1 aliphatic rings. The van der Waals surface area contributed by atoms with E-state index < -0.39 is 5.25 Å². The third kappa shape index (κ3) is 6.15. The Morgan fingerprint density at radius 3 is 2.14 bits per heavy atom. The summed E-state index contributed by atoms with van der Waals surface area (Å²) >= 11 is 1.31. The van der Waals surface area contributed by atoms with Crippen molar-refractivity contribution in [2.24, 2.45) is 4.99 Å². The van der Waals surface area contributed by atoms with Gasteiger partial charge in [-0.05, 0) is 79.4 Å². The third-order valence-corrected chi connectivity index (χ3v) is 7.10. The lowest BCUT2D eigenvalue weighted by atomic mass is 10.1. The van der Waals surface area contributed by atoms with Crippen molar-refractivity contribution in [3.8, 4) is 5.75 Å². The largest absolute Gasteiger partial charge is 0.494 e. The maximum atomic E-state index is 13.4. The van der Waals surface area contributed by atoms with Crippen molar-refractivity contribution >= 4 is 45.8 Å². The van der Waals surface area contributed by atoms with Crippen LogP contribution in [0.5, 0.6) is 5.75 Å². The summed E-state index contributed by atoms with van der Waals surface area (Å²) in [6.07, 6.45) is 1.94. The molecule has 0 bridgehead atoms. The molecule has 1 heterocycles. The third-order valence-electron chi connectivity index (χ3n) is 5.95. The summed E-state index contributed by atoms with van der Waals surface area (Å²) in [4.78, 5) is 32.9. The van der Waals surface area contributed by atoms with Crippen molar-refractivity contribution in [2.75, 3.05) is 16.8 Å². The number of aryl methyl sites for hydroxylation is 2. The van der Waals surface area contributed by atoms with Crippen LogP contribution in [-0.4, -0.2) is 28.8 Å². The van der Waals surface area contributed by atoms with E-state index in [1.54, 1.807) is 17.0 Å². The molecule has 0 aliphatic carbocycles. The Hall–Kier alpha value is -3.58. The molecule has 4 rings (SSSR count). The molecule has 36 heavy (non-hydrogen) atoms. The molecule has 0 unspecified atom stereocenters. The van der Waals surface area contributed by atoms with Crippen LogP contribution in [0.3, 0.4) is 0 Å². The molecule has 2 amide bonds. The molecule has 1 aliphatic heterocycles. The van der Waals surface area contributed by atoms with E-state index in [9.17, 15) is 9.59 Å². The average Bonchev–Trinajstić information content (AvgIpc) is 2.90. The van der Waals surface area contributed by atoms with Crippen molar-refractivity contribution in [2.45, 2.75) is 45.3 Å². The lowest BCUT2D eigenvalue weighted by Crippen LogP contribution is -2.45. The van der Waals surface area contributed by atoms with E-state index in [0.29, 0.717) is 17.5 Å². The van der Waals surface area contributed by atoms with E-state index >= 15 is 0 Å². The quantitative estimate of drug-likeness (QED) is 0.389. The maximum absolute atomic E-state index is 13.4. The minimum atomic E-state index is -0.594. The molecule has 1 atom stereocenters. The number of thioether (sulfide) groups is 1. The lowest BCUT2D eigenvalue weighted by Gasteiger charge is -2.32. The number of nitrogens with one attached hydrogen (secondary N) is 1. The SMILES string of the molecule is CCOc1ccc(NC(=O)[C@H]2CC(=O)N(c3ccc(CC)cc3)C(=Nc3ccc(CC)cc3)S2)cc1. The molecule has 186 valence electrons. The van der Waals surface area contributed by atoms with Gasteiger partial charge in [0.15, 0.2) is 5.17 Å². The van der Waals surface area contributed by atoms with Gasteiger partial charge in [-0.15, -0.1) is 0 Å². The number of rotatable bonds is 8. The molecule has 7 heteroatoms. The molecule has 3 aromatic carbocycles. The van der Waals surface area contributed by atoms with Gasteiger partial charge < -0.3 is 10.1 Å². The number of carbonyl (C=O) groups excluding carboxylic acids is 2. The molecular formula is C29H31N3O3S. The van der Waals surface area contributed by atoms with Crippen LogP contribution in [0.4, 0.5) is 17.1 Å². The number of nitrogens with zero attached hydrogens (tertiary/aromatic N) is 2. The molecule has 0 radical (unpaired) electrons. The van der Waals surface area contributed by atoms with Gasteiger partial charge in [-0.25, -0.2) is 4.99 Å². The molecular weight excluding hydrogens is 470 g/mol. The zero-order valence-electron chi connectivity index (χ0n) is 20.9. The predicted octanol–water partition coefficient (Wildman–Crippen LogP) is 6.38. The van der Waals surface area contributed by atoms with Gasteiger partial charge >= 0.3 is 0 Å². The number of anilines is 2. The fraction of sp³-hybridized carbons (Fsp3) is 0.276. The maximum Gasteiger partial charge on any atom is 0.238 e. The molecule has 3 aromatic rings. The van der Waals surface area contributed by atoms with Gasteiger partial charge in [-0.3, -0.25) is 14.5 Å². The number of hydrogen-bond donors (Lipinski definition) is 1. The zero-order chi connectivity index (χ0) is 25.5. The second-order valence-corrected chi connectivity index (χ2v) is 9.59. The Morgan fingerprint density at radius 2 is 1.56 bits per heavy atom. The Labute approximate surface area is 216 Å². The van der Waals surface area contributed by atoms with E-state index in [0.717, 1.165) is 30.0 Å². The monoisotopic (exact) mass is 501 g/mol. The number of hydrogen-bond acceptors (Lipinski definition) is 5. The summed E-state index contributed by atoms with van der Waals surface area (Å²) in [6.45, 7) is 6.70. The van der Waals surface area contributed by atoms with Crippen LogP contribution in [0.15, 0.2) is 77.8 Å². The van der Waals surface area contributed by atoms with Crippen LogP contribution >= 0.6 is 11.8 Å². The summed E-state index contributed by atoms with van der Waals surface area (Å²) < 4.78 is 5.47. The van der Waals surface area contributed by atoms with E-state index in [1.807, 2.05) is 67.6 Å². The van der Waals surface area contributed by atoms with Crippen LogP contribution < -0.4 is 15.0 Å². The highest BCUT2D eigenvalue weighted by molar-refractivity contribution is 8.15. The Bertz CT molecular complexity index is 1220. The Balaban J connectivity index is 1.59. The van der Waals surface area contributed by atoms with Crippen molar-refractivity contribution in [3.05, 3.63) is 83.9 Å². The summed E-state index contributed by atoms with van der Waals surface area (Å²) in [5.74, 6) is 0.354. The summed E-state index contributed by atoms with van der Waals surface area (Å²) in [5.41, 5.74) is 4.55. The van der Waals surface area contributed by atoms with Gasteiger partial charge in [-0.1, -0.05) is 49.9 Å². The zero-order valence-corrected chi connectivity index (χ0v) is 21.7. The van der Waals surface area contributed by atoms with Crippen LogP contribution in [0.2, 0.25) is 0 Å². The highest BCUT2D eigenvalue weighted by Gasteiger charge is 2.36. The minimum absolute atomic E-state index is 0.0802. The normalized spacial score (nSPS) is 16.8. The first-order chi connectivity index (χ1) is 17.5. The number of ether oxygens (including phenoxy) is 1. The second kappa shape index (κ2) is 11.9. The Kier molecular flexibility index (Phi) is 8.44. The number of amides is 2. The topological polar surface area (TPSA) is 71.0 Å². The van der Waals surface area contributed by atoms with Gasteiger partial charge in [0, 0.05) is 12.1 Å². The van der Waals surface area contributed by atoms with Crippen molar-refractivity contribution in [3.63, 3.8) is 0 Å². The smallest absolute Gasteiger partial charge is 0.238 e. The van der Waals surface area contributed by atoms with Crippen LogP contribution in [-0.2, 0) is 22.4 Å². The highest BCUT2D eigenvalue weighted by atomic mass is 32.2. The van der Waals surface area contributed by atoms with Crippen molar-refractivity contribution in [1.29, 1.82) is 0 Å². The first-order valence-corrected chi connectivity index (χ1v) is 13.2. The van der Waals surface area contributed by atoms with E-state index in [2.05, 4.69) is 19.2 Å². The number of benzene rings is 3. The Morgan fingerprint density at radius 1 is 0.944 bits per heavy atom. The predicted molar refractivity (Wildman–Crippen MR) is 148 cm³/mol. The van der Waals surface area contributed by atoms with E-state index in [4.69, 9.17) is 9.73 Å². The molecule has 0 aromatic heterocycles. The van der Waals surface area contributed by atoms with Crippen molar-refractivity contribution < 1.29 is 14.3 Å². The van der Waals surface area contributed by atoms with Gasteiger partial charge in [0.25, 0.3) is 0 Å². The minimum Gasteiger partial charge on any atom is -0.494 e. The first-order valence-electron chi connectivity index (χ1n) is 12.3. The number of carbonyl (C=O) groups is 2. The summed E-state index contributed by atoms with van der Waals surface area (Å²) in [5, 5.41) is 2.83. The van der Waals surface area contributed by atoms with Gasteiger partial charge in [0.05, 0.1) is 18.0 Å². The van der Waals surface area contributed by atoms with Gasteiger partial charge in [0.2, 0.25) is 11.8 Å². The standard InChI is InChI=1S/C29H31N3O3S/c1-4-20-7-11-23(12-8-20)31-29-32(24-15-9-21(5-2)10-16-24)27(33)19-26(36-29)28(34)30-22-13-17-25(18-14-22)35-6-3/h7-18,26H,4-6,19H2,1-3H3,(H,30,34)/t26-/m1/s1. The first kappa shape index (κ1) is 25.5. The molecule has 0 saturated carbocycles. The fourth-order valence-corrected chi connectivity index (χ4v) is 4.99. The van der Waals surface area contributed by atoms with Crippen molar-refractivity contribution in [1.82, 2.24) is 0 Å². The average molecular weight is 502 g/mol.